The second-order valence-corrected chi connectivity index (χ2v) is 6.89. The maximum atomic E-state index is 12.3. The Morgan fingerprint density at radius 1 is 1.07 bits per heavy atom. The van der Waals surface area contributed by atoms with E-state index in [9.17, 15) is 4.79 Å². The van der Waals surface area contributed by atoms with Crippen LogP contribution in [0.5, 0.6) is 11.5 Å². The lowest BCUT2D eigenvalue weighted by Crippen LogP contribution is -2.28. The number of aryl methyl sites for hydroxylation is 1. The molecule has 2 amide bonds. The van der Waals surface area contributed by atoms with Crippen molar-refractivity contribution in [2.24, 2.45) is 0 Å². The van der Waals surface area contributed by atoms with Gasteiger partial charge in [0.2, 0.25) is 0 Å². The fourth-order valence-electron chi connectivity index (χ4n) is 2.51. The molecule has 7 heteroatoms. The van der Waals surface area contributed by atoms with Crippen LogP contribution in [0.3, 0.4) is 0 Å². The van der Waals surface area contributed by atoms with Gasteiger partial charge in [-0.3, -0.25) is 0 Å². The number of nitrogens with one attached hydrogen (secondary N) is 2. The monoisotopic (exact) mass is 383 g/mol. The molecule has 1 aromatic heterocycles. The number of methoxy groups -OCH3 is 2. The number of amides is 2. The van der Waals surface area contributed by atoms with Crippen molar-refractivity contribution >= 4 is 23.1 Å². The van der Waals surface area contributed by atoms with Crippen LogP contribution >= 0.6 is 11.3 Å². The van der Waals surface area contributed by atoms with Gasteiger partial charge in [0, 0.05) is 34.3 Å². The van der Waals surface area contributed by atoms with Crippen molar-refractivity contribution in [3.63, 3.8) is 0 Å². The van der Waals surface area contributed by atoms with Crippen LogP contribution in [0, 0.1) is 6.92 Å². The molecule has 0 unspecified atom stereocenters. The molecule has 27 heavy (non-hydrogen) atoms. The second-order valence-electron chi connectivity index (χ2n) is 5.80. The number of carbonyl (C=O) groups is 1. The summed E-state index contributed by atoms with van der Waals surface area (Å²) in [7, 11) is 3.13. The number of urea groups is 1. The number of nitrogens with zero attached hydrogens (tertiary/aromatic N) is 1. The smallest absolute Gasteiger partial charge is 0.319 e. The van der Waals surface area contributed by atoms with Crippen molar-refractivity contribution in [1.29, 1.82) is 0 Å². The molecule has 6 nitrogen and oxygen atoms in total. The Morgan fingerprint density at radius 3 is 2.37 bits per heavy atom. The number of benzene rings is 2. The van der Waals surface area contributed by atoms with E-state index in [4.69, 9.17) is 9.47 Å². The van der Waals surface area contributed by atoms with E-state index in [0.717, 1.165) is 21.1 Å². The zero-order chi connectivity index (χ0) is 19.2. The molecular formula is C20H21N3O3S. The number of anilines is 1. The summed E-state index contributed by atoms with van der Waals surface area (Å²) in [6.45, 7) is 2.36. The molecule has 0 radical (unpaired) electrons. The summed E-state index contributed by atoms with van der Waals surface area (Å²) in [6.07, 6.45) is 0. The minimum Gasteiger partial charge on any atom is -0.497 e. The normalized spacial score (nSPS) is 10.3. The maximum Gasteiger partial charge on any atom is 0.319 e. The quantitative estimate of drug-likeness (QED) is 0.659. The lowest BCUT2D eigenvalue weighted by Gasteiger charge is -2.10. The van der Waals surface area contributed by atoms with Crippen molar-refractivity contribution in [2.75, 3.05) is 19.5 Å². The first kappa shape index (κ1) is 18.7. The minimum atomic E-state index is -0.306. The third kappa shape index (κ3) is 4.77. The lowest BCUT2D eigenvalue weighted by atomic mass is 10.2. The van der Waals surface area contributed by atoms with Crippen molar-refractivity contribution in [2.45, 2.75) is 13.5 Å². The lowest BCUT2D eigenvalue weighted by molar-refractivity contribution is 0.252. The highest BCUT2D eigenvalue weighted by atomic mass is 32.1. The van der Waals surface area contributed by atoms with Crippen LogP contribution in [-0.4, -0.2) is 25.2 Å². The van der Waals surface area contributed by atoms with Gasteiger partial charge in [0.15, 0.2) is 0 Å². The van der Waals surface area contributed by atoms with Gasteiger partial charge in [0.25, 0.3) is 0 Å². The highest BCUT2D eigenvalue weighted by molar-refractivity contribution is 7.15. The zero-order valence-electron chi connectivity index (χ0n) is 15.4. The van der Waals surface area contributed by atoms with Gasteiger partial charge in [-0.25, -0.2) is 9.78 Å². The molecule has 0 bridgehead atoms. The first-order valence-electron chi connectivity index (χ1n) is 8.38. The molecule has 2 aromatic carbocycles. The van der Waals surface area contributed by atoms with Crippen molar-refractivity contribution < 1.29 is 14.3 Å². The molecule has 3 aromatic rings. The van der Waals surface area contributed by atoms with Crippen LogP contribution in [0.25, 0.3) is 10.6 Å². The summed E-state index contributed by atoms with van der Waals surface area (Å²) in [6, 6.07) is 14.9. The molecule has 0 aliphatic rings. The predicted molar refractivity (Wildman–Crippen MR) is 108 cm³/mol. The Bertz CT molecular complexity index is 903. The zero-order valence-corrected chi connectivity index (χ0v) is 16.2. The summed E-state index contributed by atoms with van der Waals surface area (Å²) >= 11 is 1.58. The molecule has 140 valence electrons. The number of thiazole rings is 1. The molecule has 0 spiro atoms. The van der Waals surface area contributed by atoms with Gasteiger partial charge in [-0.15, -0.1) is 11.3 Å². The fourth-order valence-corrected chi connectivity index (χ4v) is 3.52. The number of hydrogen-bond acceptors (Lipinski definition) is 5. The van der Waals surface area contributed by atoms with Crippen molar-refractivity contribution in [3.8, 4) is 22.1 Å². The van der Waals surface area contributed by atoms with Gasteiger partial charge < -0.3 is 20.1 Å². The van der Waals surface area contributed by atoms with Crippen LogP contribution in [0.4, 0.5) is 10.5 Å². The molecule has 1 heterocycles. The van der Waals surface area contributed by atoms with Crippen molar-refractivity contribution in [3.05, 3.63) is 59.1 Å². The molecule has 0 fully saturated rings. The number of ether oxygens (including phenoxy) is 2. The van der Waals surface area contributed by atoms with Gasteiger partial charge in [-0.2, -0.15) is 0 Å². The average molecular weight is 383 g/mol. The third-order valence-electron chi connectivity index (χ3n) is 3.93. The predicted octanol–water partition coefficient (Wildman–Crippen LogP) is 4.46. The number of rotatable bonds is 6. The van der Waals surface area contributed by atoms with E-state index in [1.165, 1.54) is 0 Å². The van der Waals surface area contributed by atoms with Gasteiger partial charge in [0.05, 0.1) is 26.5 Å². The van der Waals surface area contributed by atoms with Crippen LogP contribution in [-0.2, 0) is 6.54 Å². The van der Waals surface area contributed by atoms with Gasteiger partial charge in [-0.1, -0.05) is 30.3 Å². The molecule has 0 atom stereocenters. The molecule has 0 aliphatic heterocycles. The second kappa shape index (κ2) is 8.55. The van der Waals surface area contributed by atoms with E-state index in [1.54, 1.807) is 43.8 Å². The first-order valence-corrected chi connectivity index (χ1v) is 9.20. The van der Waals surface area contributed by atoms with E-state index in [-0.39, 0.29) is 6.03 Å². The maximum absolute atomic E-state index is 12.3. The topological polar surface area (TPSA) is 72.5 Å². The summed E-state index contributed by atoms with van der Waals surface area (Å²) in [5, 5.41) is 6.61. The van der Waals surface area contributed by atoms with Crippen LogP contribution in [0.2, 0.25) is 0 Å². The van der Waals surface area contributed by atoms with Crippen LogP contribution in [0.1, 0.15) is 10.6 Å². The molecule has 0 saturated carbocycles. The van der Waals surface area contributed by atoms with Gasteiger partial charge >= 0.3 is 6.03 Å². The summed E-state index contributed by atoms with van der Waals surface area (Å²) in [5.41, 5.74) is 2.58. The Morgan fingerprint density at radius 2 is 1.74 bits per heavy atom. The molecule has 3 rings (SSSR count). The number of carbonyl (C=O) groups excluding carboxylic acids is 1. The standard InChI is InChI=1S/C20H21N3O3S/c1-13-18(27-19(22-13)14-7-5-4-6-8-14)12-21-20(24)23-15-9-16(25-2)11-17(10-15)26-3/h4-11H,12H2,1-3H3,(H2,21,23,24). The van der Waals surface area contributed by atoms with Gasteiger partial charge in [-0.05, 0) is 6.92 Å². The van der Waals surface area contributed by atoms with E-state index in [2.05, 4.69) is 15.6 Å². The SMILES string of the molecule is COc1cc(NC(=O)NCc2sc(-c3ccccc3)nc2C)cc(OC)c1. The van der Waals surface area contributed by atoms with E-state index in [0.29, 0.717) is 23.7 Å². The molecule has 0 saturated heterocycles. The Kier molecular flexibility index (Phi) is 5.93. The number of aromatic nitrogens is 1. The van der Waals surface area contributed by atoms with Crippen molar-refractivity contribution in [1.82, 2.24) is 10.3 Å². The fraction of sp³-hybridized carbons (Fsp3) is 0.200. The summed E-state index contributed by atoms with van der Waals surface area (Å²) in [4.78, 5) is 17.9. The van der Waals surface area contributed by atoms with Gasteiger partial charge in [0.1, 0.15) is 16.5 Å². The van der Waals surface area contributed by atoms with Crippen LogP contribution in [0.15, 0.2) is 48.5 Å². The van der Waals surface area contributed by atoms with E-state index < -0.39 is 0 Å². The van der Waals surface area contributed by atoms with E-state index in [1.807, 2.05) is 37.3 Å². The first-order chi connectivity index (χ1) is 13.1. The summed E-state index contributed by atoms with van der Waals surface area (Å²) in [5.74, 6) is 1.21. The number of hydrogen-bond donors (Lipinski definition) is 2. The Hall–Kier alpha value is -3.06. The summed E-state index contributed by atoms with van der Waals surface area (Å²) < 4.78 is 10.4. The largest absolute Gasteiger partial charge is 0.497 e. The molecular weight excluding hydrogens is 362 g/mol. The highest BCUT2D eigenvalue weighted by Crippen LogP contribution is 2.28. The Labute approximate surface area is 162 Å². The average Bonchev–Trinajstić information content (AvgIpc) is 3.07. The molecule has 2 N–H and O–H groups in total. The highest BCUT2D eigenvalue weighted by Gasteiger charge is 2.11. The van der Waals surface area contributed by atoms with E-state index >= 15 is 0 Å². The van der Waals surface area contributed by atoms with Crippen LogP contribution < -0.4 is 20.1 Å². The third-order valence-corrected chi connectivity index (χ3v) is 5.14. The Balaban J connectivity index is 1.64. The minimum absolute atomic E-state index is 0.306. The molecule has 0 aliphatic carbocycles.